The van der Waals surface area contributed by atoms with Gasteiger partial charge in [-0.25, -0.2) is 4.98 Å². The van der Waals surface area contributed by atoms with Crippen molar-refractivity contribution in [3.05, 3.63) is 78.2 Å². The van der Waals surface area contributed by atoms with Crippen molar-refractivity contribution in [3.8, 4) is 11.5 Å². The van der Waals surface area contributed by atoms with Crippen LogP contribution in [0.2, 0.25) is 0 Å². The standard InChI is InChI=1S/C17H13NO3/c19-15(12-4-2-1-3-5-12)16(20)13-6-8-14(9-7-13)17-18-10-11-21-17/h1-11,15,19H. The summed E-state index contributed by atoms with van der Waals surface area (Å²) in [5, 5.41) is 10.1. The molecule has 0 spiro atoms. The van der Waals surface area contributed by atoms with E-state index in [9.17, 15) is 9.90 Å². The molecule has 21 heavy (non-hydrogen) atoms. The second-order valence-electron chi connectivity index (χ2n) is 4.59. The first-order valence-electron chi connectivity index (χ1n) is 6.53. The highest BCUT2D eigenvalue weighted by molar-refractivity contribution is 6.00. The molecular weight excluding hydrogens is 266 g/mol. The van der Waals surface area contributed by atoms with Gasteiger partial charge in [0.2, 0.25) is 5.89 Å². The minimum atomic E-state index is -1.15. The van der Waals surface area contributed by atoms with Crippen molar-refractivity contribution in [3.63, 3.8) is 0 Å². The number of aliphatic hydroxyl groups is 1. The molecule has 0 aliphatic carbocycles. The molecule has 4 heteroatoms. The Kier molecular flexibility index (Phi) is 3.62. The number of aliphatic hydroxyl groups excluding tert-OH is 1. The molecule has 0 aliphatic rings. The van der Waals surface area contributed by atoms with Crippen molar-refractivity contribution in [1.29, 1.82) is 0 Å². The number of nitrogens with zero attached hydrogens (tertiary/aromatic N) is 1. The third kappa shape index (κ3) is 2.75. The van der Waals surface area contributed by atoms with Gasteiger partial charge in [0.1, 0.15) is 12.4 Å². The van der Waals surface area contributed by atoms with Gasteiger partial charge >= 0.3 is 0 Å². The Morgan fingerprint density at radius 1 is 1.05 bits per heavy atom. The lowest BCUT2D eigenvalue weighted by Gasteiger charge is -2.10. The molecule has 0 bridgehead atoms. The zero-order valence-corrected chi connectivity index (χ0v) is 11.1. The number of carbonyl (C=O) groups is 1. The molecule has 3 aromatic rings. The van der Waals surface area contributed by atoms with Crippen LogP contribution in [0.4, 0.5) is 0 Å². The van der Waals surface area contributed by atoms with Crippen LogP contribution >= 0.6 is 0 Å². The van der Waals surface area contributed by atoms with Gasteiger partial charge in [-0.2, -0.15) is 0 Å². The van der Waals surface area contributed by atoms with E-state index in [-0.39, 0.29) is 5.78 Å². The predicted octanol–water partition coefficient (Wildman–Crippen LogP) is 3.26. The molecule has 0 saturated heterocycles. The van der Waals surface area contributed by atoms with E-state index in [0.717, 1.165) is 5.56 Å². The molecule has 0 radical (unpaired) electrons. The average Bonchev–Trinajstić information content (AvgIpc) is 3.09. The van der Waals surface area contributed by atoms with Crippen molar-refractivity contribution in [1.82, 2.24) is 4.98 Å². The normalized spacial score (nSPS) is 12.0. The van der Waals surface area contributed by atoms with E-state index in [2.05, 4.69) is 4.98 Å². The number of hydrogen-bond acceptors (Lipinski definition) is 4. The van der Waals surface area contributed by atoms with Gasteiger partial charge in [-0.05, 0) is 17.7 Å². The number of Topliss-reactive ketones (excluding diaryl/α,β-unsaturated/α-hetero) is 1. The van der Waals surface area contributed by atoms with Crippen molar-refractivity contribution in [2.75, 3.05) is 0 Å². The monoisotopic (exact) mass is 279 g/mol. The molecule has 0 amide bonds. The van der Waals surface area contributed by atoms with Gasteiger partial charge in [0, 0.05) is 11.1 Å². The first-order chi connectivity index (χ1) is 10.3. The molecule has 0 saturated carbocycles. The van der Waals surface area contributed by atoms with E-state index in [4.69, 9.17) is 4.42 Å². The van der Waals surface area contributed by atoms with Crippen LogP contribution in [0.5, 0.6) is 0 Å². The number of benzene rings is 2. The van der Waals surface area contributed by atoms with Crippen molar-refractivity contribution in [2.24, 2.45) is 0 Å². The molecule has 1 aromatic heterocycles. The maximum Gasteiger partial charge on any atom is 0.225 e. The maximum absolute atomic E-state index is 12.3. The number of ketones is 1. The number of hydrogen-bond donors (Lipinski definition) is 1. The van der Waals surface area contributed by atoms with Crippen LogP contribution in [0.1, 0.15) is 22.0 Å². The largest absolute Gasteiger partial charge is 0.445 e. The Labute approximate surface area is 121 Å². The van der Waals surface area contributed by atoms with E-state index in [1.807, 2.05) is 6.07 Å². The summed E-state index contributed by atoms with van der Waals surface area (Å²) in [6.07, 6.45) is 1.90. The van der Waals surface area contributed by atoms with Crippen molar-refractivity contribution >= 4 is 5.78 Å². The van der Waals surface area contributed by atoms with Crippen LogP contribution in [0.3, 0.4) is 0 Å². The Morgan fingerprint density at radius 2 is 1.76 bits per heavy atom. The van der Waals surface area contributed by atoms with Gasteiger partial charge in [-0.3, -0.25) is 4.79 Å². The lowest BCUT2D eigenvalue weighted by Crippen LogP contribution is -2.12. The second kappa shape index (κ2) is 5.73. The van der Waals surface area contributed by atoms with Crippen LogP contribution in [0, 0.1) is 0 Å². The lowest BCUT2D eigenvalue weighted by atomic mass is 9.99. The van der Waals surface area contributed by atoms with Gasteiger partial charge in [0.05, 0.1) is 6.20 Å². The van der Waals surface area contributed by atoms with Crippen molar-refractivity contribution in [2.45, 2.75) is 6.10 Å². The maximum atomic E-state index is 12.3. The van der Waals surface area contributed by atoms with Gasteiger partial charge in [0.25, 0.3) is 0 Å². The number of carbonyl (C=O) groups excluding carboxylic acids is 1. The minimum Gasteiger partial charge on any atom is -0.445 e. The van der Waals surface area contributed by atoms with Crippen LogP contribution in [-0.2, 0) is 0 Å². The Balaban J connectivity index is 1.82. The summed E-state index contributed by atoms with van der Waals surface area (Å²) < 4.78 is 5.19. The summed E-state index contributed by atoms with van der Waals surface area (Å²) in [6.45, 7) is 0. The Morgan fingerprint density at radius 3 is 2.38 bits per heavy atom. The number of aromatic nitrogens is 1. The fraction of sp³-hybridized carbons (Fsp3) is 0.0588. The SMILES string of the molecule is O=C(c1ccc(-c2ncco2)cc1)C(O)c1ccccc1. The zero-order valence-electron chi connectivity index (χ0n) is 11.1. The highest BCUT2D eigenvalue weighted by Gasteiger charge is 2.19. The summed E-state index contributed by atoms with van der Waals surface area (Å²) in [7, 11) is 0. The highest BCUT2D eigenvalue weighted by atomic mass is 16.3. The summed E-state index contributed by atoms with van der Waals surface area (Å²) in [5.74, 6) is 0.165. The number of rotatable bonds is 4. The number of oxazole rings is 1. The van der Waals surface area contributed by atoms with E-state index >= 15 is 0 Å². The van der Waals surface area contributed by atoms with Crippen LogP contribution in [0.15, 0.2) is 71.5 Å². The van der Waals surface area contributed by atoms with Crippen LogP contribution < -0.4 is 0 Å². The third-order valence-electron chi connectivity index (χ3n) is 3.21. The molecule has 2 aromatic carbocycles. The summed E-state index contributed by atoms with van der Waals surface area (Å²) in [4.78, 5) is 16.3. The molecule has 0 fully saturated rings. The van der Waals surface area contributed by atoms with Crippen molar-refractivity contribution < 1.29 is 14.3 Å². The smallest absolute Gasteiger partial charge is 0.225 e. The van der Waals surface area contributed by atoms with Crippen LogP contribution in [0.25, 0.3) is 11.5 Å². The Bertz CT molecular complexity index is 718. The molecule has 0 aliphatic heterocycles. The third-order valence-corrected chi connectivity index (χ3v) is 3.21. The fourth-order valence-corrected chi connectivity index (χ4v) is 2.09. The molecular formula is C17H13NO3. The molecule has 104 valence electrons. The highest BCUT2D eigenvalue weighted by Crippen LogP contribution is 2.21. The summed E-state index contributed by atoms with van der Waals surface area (Å²) >= 11 is 0. The fourth-order valence-electron chi connectivity index (χ4n) is 2.09. The first-order valence-corrected chi connectivity index (χ1v) is 6.53. The first kappa shape index (κ1) is 13.3. The lowest BCUT2D eigenvalue weighted by molar-refractivity contribution is 0.0747. The average molecular weight is 279 g/mol. The summed E-state index contributed by atoms with van der Waals surface area (Å²) in [5.41, 5.74) is 1.81. The second-order valence-corrected chi connectivity index (χ2v) is 4.59. The van der Waals surface area contributed by atoms with Gasteiger partial charge < -0.3 is 9.52 Å². The molecule has 1 heterocycles. The van der Waals surface area contributed by atoms with E-state index in [1.54, 1.807) is 54.7 Å². The van der Waals surface area contributed by atoms with Gasteiger partial charge in [-0.1, -0.05) is 42.5 Å². The van der Waals surface area contributed by atoms with Crippen LogP contribution in [-0.4, -0.2) is 15.9 Å². The van der Waals surface area contributed by atoms with Gasteiger partial charge in [0.15, 0.2) is 5.78 Å². The van der Waals surface area contributed by atoms with E-state index in [0.29, 0.717) is 17.0 Å². The molecule has 1 unspecified atom stereocenters. The zero-order chi connectivity index (χ0) is 14.7. The van der Waals surface area contributed by atoms with E-state index in [1.165, 1.54) is 6.26 Å². The van der Waals surface area contributed by atoms with Gasteiger partial charge in [-0.15, -0.1) is 0 Å². The quantitative estimate of drug-likeness (QED) is 0.744. The molecule has 1 N–H and O–H groups in total. The topological polar surface area (TPSA) is 63.3 Å². The minimum absolute atomic E-state index is 0.333. The molecule has 3 rings (SSSR count). The predicted molar refractivity (Wildman–Crippen MR) is 77.7 cm³/mol. The molecule has 4 nitrogen and oxygen atoms in total. The summed E-state index contributed by atoms with van der Waals surface area (Å²) in [6, 6.07) is 15.7. The Hall–Kier alpha value is -2.72. The molecule has 1 atom stereocenters. The van der Waals surface area contributed by atoms with E-state index < -0.39 is 6.10 Å².